The summed E-state index contributed by atoms with van der Waals surface area (Å²) in [6.45, 7) is 5.59. The van der Waals surface area contributed by atoms with Crippen LogP contribution in [0.15, 0.2) is 42.7 Å². The zero-order valence-electron chi connectivity index (χ0n) is 14.1. The van der Waals surface area contributed by atoms with Crippen molar-refractivity contribution in [2.45, 2.75) is 38.3 Å². The number of anilines is 1. The van der Waals surface area contributed by atoms with Crippen molar-refractivity contribution in [2.75, 3.05) is 25.0 Å². The highest BCUT2D eigenvalue weighted by molar-refractivity contribution is 5.63. The minimum Gasteiger partial charge on any atom is -0.363 e. The predicted octanol–water partition coefficient (Wildman–Crippen LogP) is 3.59. The molecule has 1 fully saturated rings. The number of rotatable bonds is 2. The van der Waals surface area contributed by atoms with Crippen LogP contribution in [0.1, 0.15) is 35.4 Å². The standard InChI is InChI=1S/C20H25N3/c1-15-5-6-20-17(12-15)18-14-22(2)11-3-4-19(18)23(20)13-16-7-9-21-10-8-16/h5-10,12,18-19H,3-4,11,13-14H2,1-2H3/t18-,19+/m0/s1. The molecular formula is C20H25N3. The van der Waals surface area contributed by atoms with Gasteiger partial charge in [-0.15, -0.1) is 0 Å². The third kappa shape index (κ3) is 2.74. The Bertz CT molecular complexity index is 683. The third-order valence-electron chi connectivity index (χ3n) is 5.41. The number of hydrogen-bond donors (Lipinski definition) is 0. The van der Waals surface area contributed by atoms with E-state index in [4.69, 9.17) is 0 Å². The Morgan fingerprint density at radius 1 is 1.17 bits per heavy atom. The first kappa shape index (κ1) is 14.7. The first-order valence-corrected chi connectivity index (χ1v) is 8.67. The quantitative estimate of drug-likeness (QED) is 0.845. The summed E-state index contributed by atoms with van der Waals surface area (Å²) in [5.41, 5.74) is 5.72. The Labute approximate surface area is 139 Å². The maximum Gasteiger partial charge on any atom is 0.0434 e. The van der Waals surface area contributed by atoms with Crippen molar-refractivity contribution in [3.8, 4) is 0 Å². The SMILES string of the molecule is Cc1ccc2c(c1)[C@@H]1CN(C)CCC[C@H]1N2Cc1ccncc1. The van der Waals surface area contributed by atoms with E-state index in [1.54, 1.807) is 5.56 Å². The van der Waals surface area contributed by atoms with E-state index < -0.39 is 0 Å². The summed E-state index contributed by atoms with van der Waals surface area (Å²) in [5.74, 6) is 0.638. The monoisotopic (exact) mass is 307 g/mol. The van der Waals surface area contributed by atoms with E-state index in [0.29, 0.717) is 12.0 Å². The average Bonchev–Trinajstić information content (AvgIpc) is 2.70. The van der Waals surface area contributed by atoms with Gasteiger partial charge in [0.15, 0.2) is 0 Å². The van der Waals surface area contributed by atoms with Crippen molar-refractivity contribution in [3.05, 3.63) is 59.4 Å². The molecule has 0 spiro atoms. The summed E-state index contributed by atoms with van der Waals surface area (Å²) in [7, 11) is 2.27. The van der Waals surface area contributed by atoms with Crippen LogP contribution < -0.4 is 4.90 Å². The zero-order chi connectivity index (χ0) is 15.8. The van der Waals surface area contributed by atoms with E-state index in [1.807, 2.05) is 12.4 Å². The fourth-order valence-electron chi connectivity index (χ4n) is 4.30. The van der Waals surface area contributed by atoms with Crippen LogP contribution in [0.25, 0.3) is 0 Å². The van der Waals surface area contributed by atoms with Gasteiger partial charge in [-0.3, -0.25) is 4.98 Å². The molecule has 3 heteroatoms. The Kier molecular flexibility index (Phi) is 3.82. The summed E-state index contributed by atoms with van der Waals surface area (Å²) in [6, 6.07) is 11.9. The molecule has 1 aromatic heterocycles. The van der Waals surface area contributed by atoms with E-state index in [2.05, 4.69) is 59.1 Å². The molecule has 2 atom stereocenters. The van der Waals surface area contributed by atoms with Gasteiger partial charge in [-0.05, 0) is 62.7 Å². The van der Waals surface area contributed by atoms with Crippen molar-refractivity contribution in [1.29, 1.82) is 0 Å². The molecule has 120 valence electrons. The van der Waals surface area contributed by atoms with E-state index in [-0.39, 0.29) is 0 Å². The summed E-state index contributed by atoms with van der Waals surface area (Å²) in [5, 5.41) is 0. The minimum absolute atomic E-state index is 0.630. The number of fused-ring (bicyclic) bond motifs is 3. The molecule has 3 nitrogen and oxygen atoms in total. The van der Waals surface area contributed by atoms with E-state index in [9.17, 15) is 0 Å². The highest BCUT2D eigenvalue weighted by atomic mass is 15.2. The van der Waals surface area contributed by atoms with Crippen LogP contribution in [0, 0.1) is 6.92 Å². The predicted molar refractivity (Wildman–Crippen MR) is 94.9 cm³/mol. The largest absolute Gasteiger partial charge is 0.363 e. The number of aromatic nitrogens is 1. The Balaban J connectivity index is 1.73. The Hall–Kier alpha value is -1.87. The number of nitrogens with zero attached hydrogens (tertiary/aromatic N) is 3. The molecule has 2 aliphatic rings. The molecular weight excluding hydrogens is 282 g/mol. The van der Waals surface area contributed by atoms with Gasteiger partial charge in [0.2, 0.25) is 0 Å². The first-order chi connectivity index (χ1) is 11.2. The van der Waals surface area contributed by atoms with Gasteiger partial charge in [0.1, 0.15) is 0 Å². The third-order valence-corrected chi connectivity index (χ3v) is 5.41. The van der Waals surface area contributed by atoms with Gasteiger partial charge in [-0.2, -0.15) is 0 Å². The Morgan fingerprint density at radius 3 is 2.83 bits per heavy atom. The highest BCUT2D eigenvalue weighted by Gasteiger charge is 2.39. The fraction of sp³-hybridized carbons (Fsp3) is 0.450. The first-order valence-electron chi connectivity index (χ1n) is 8.67. The van der Waals surface area contributed by atoms with E-state index >= 15 is 0 Å². The molecule has 1 aromatic carbocycles. The number of hydrogen-bond acceptors (Lipinski definition) is 3. The lowest BCUT2D eigenvalue weighted by atomic mass is 9.92. The number of pyridine rings is 1. The van der Waals surface area contributed by atoms with Crippen molar-refractivity contribution in [2.24, 2.45) is 0 Å². The second kappa shape index (κ2) is 5.97. The number of likely N-dealkylation sites (tertiary alicyclic amines) is 1. The zero-order valence-corrected chi connectivity index (χ0v) is 14.1. The average molecular weight is 307 g/mol. The normalized spacial score (nSPS) is 24.2. The highest BCUT2D eigenvalue weighted by Crippen LogP contribution is 2.45. The molecule has 4 rings (SSSR count). The Morgan fingerprint density at radius 2 is 2.00 bits per heavy atom. The van der Waals surface area contributed by atoms with Crippen molar-refractivity contribution >= 4 is 5.69 Å². The molecule has 1 saturated heterocycles. The number of likely N-dealkylation sites (N-methyl/N-ethyl adjacent to an activating group) is 1. The molecule has 2 aromatic rings. The summed E-state index contributed by atoms with van der Waals surface area (Å²) in [4.78, 5) is 9.31. The number of aryl methyl sites for hydroxylation is 1. The van der Waals surface area contributed by atoms with Gasteiger partial charge in [0.05, 0.1) is 0 Å². The molecule has 0 radical (unpaired) electrons. The van der Waals surface area contributed by atoms with Gasteiger partial charge in [0.25, 0.3) is 0 Å². The van der Waals surface area contributed by atoms with Gasteiger partial charge in [-0.25, -0.2) is 0 Å². The van der Waals surface area contributed by atoms with Crippen LogP contribution in [-0.2, 0) is 6.54 Å². The van der Waals surface area contributed by atoms with Crippen LogP contribution in [0.4, 0.5) is 5.69 Å². The smallest absolute Gasteiger partial charge is 0.0434 e. The molecule has 0 bridgehead atoms. The van der Waals surface area contributed by atoms with Crippen LogP contribution in [0.3, 0.4) is 0 Å². The molecule has 3 heterocycles. The van der Waals surface area contributed by atoms with E-state index in [0.717, 1.165) is 6.54 Å². The molecule has 2 aliphatic heterocycles. The lowest BCUT2D eigenvalue weighted by Crippen LogP contribution is -2.35. The molecule has 0 aliphatic carbocycles. The maximum atomic E-state index is 4.16. The molecule has 23 heavy (non-hydrogen) atoms. The summed E-state index contributed by atoms with van der Waals surface area (Å²) >= 11 is 0. The van der Waals surface area contributed by atoms with Crippen LogP contribution in [0.2, 0.25) is 0 Å². The topological polar surface area (TPSA) is 19.4 Å². The molecule has 0 N–H and O–H groups in total. The van der Waals surface area contributed by atoms with Gasteiger partial charge >= 0.3 is 0 Å². The summed E-state index contributed by atoms with van der Waals surface area (Å²) < 4.78 is 0. The van der Waals surface area contributed by atoms with Crippen molar-refractivity contribution in [1.82, 2.24) is 9.88 Å². The molecule has 0 amide bonds. The number of benzene rings is 1. The minimum atomic E-state index is 0.630. The second-order valence-electron chi connectivity index (χ2n) is 7.12. The van der Waals surface area contributed by atoms with Crippen LogP contribution in [0.5, 0.6) is 0 Å². The van der Waals surface area contributed by atoms with Crippen LogP contribution in [-0.4, -0.2) is 36.1 Å². The maximum absolute atomic E-state index is 4.16. The van der Waals surface area contributed by atoms with Crippen molar-refractivity contribution in [3.63, 3.8) is 0 Å². The van der Waals surface area contributed by atoms with Gasteiger partial charge in [0, 0.05) is 43.1 Å². The van der Waals surface area contributed by atoms with Gasteiger partial charge < -0.3 is 9.80 Å². The van der Waals surface area contributed by atoms with Crippen molar-refractivity contribution < 1.29 is 0 Å². The van der Waals surface area contributed by atoms with Crippen LogP contribution >= 0.6 is 0 Å². The fourth-order valence-corrected chi connectivity index (χ4v) is 4.30. The molecule has 0 unspecified atom stereocenters. The second-order valence-corrected chi connectivity index (χ2v) is 7.12. The van der Waals surface area contributed by atoms with E-state index in [1.165, 1.54) is 42.7 Å². The lowest BCUT2D eigenvalue weighted by Gasteiger charge is -2.29. The van der Waals surface area contributed by atoms with Gasteiger partial charge in [-0.1, -0.05) is 17.7 Å². The lowest BCUT2D eigenvalue weighted by molar-refractivity contribution is 0.330. The molecule has 0 saturated carbocycles. The summed E-state index contributed by atoms with van der Waals surface area (Å²) in [6.07, 6.45) is 6.38.